The van der Waals surface area contributed by atoms with Gasteiger partial charge in [0.1, 0.15) is 0 Å². The van der Waals surface area contributed by atoms with Crippen LogP contribution in [0.2, 0.25) is 0 Å². The monoisotopic (exact) mass is 483 g/mol. The Labute approximate surface area is 203 Å². The van der Waals surface area contributed by atoms with Gasteiger partial charge in [0.05, 0.1) is 29.1 Å². The first-order chi connectivity index (χ1) is 17.3. The maximum Gasteiger partial charge on any atom is 0.416 e. The zero-order valence-corrected chi connectivity index (χ0v) is 18.5. The Kier molecular flexibility index (Phi) is 5.70. The number of alkyl halides is 3. The second-order valence-electron chi connectivity index (χ2n) is 7.93. The molecule has 36 heavy (non-hydrogen) atoms. The molecule has 5 rings (SSSR count). The quantitative estimate of drug-likeness (QED) is 0.330. The van der Waals surface area contributed by atoms with Gasteiger partial charge in [0.2, 0.25) is 0 Å². The van der Waals surface area contributed by atoms with Gasteiger partial charge in [-0.3, -0.25) is 4.79 Å². The number of aromatic nitrogens is 3. The highest BCUT2D eigenvalue weighted by Gasteiger charge is 2.30. The van der Waals surface area contributed by atoms with E-state index >= 15 is 0 Å². The molecule has 0 radical (unpaired) electrons. The fourth-order valence-corrected chi connectivity index (χ4v) is 3.83. The minimum absolute atomic E-state index is 0.0966. The van der Waals surface area contributed by atoms with Gasteiger partial charge in [-0.15, -0.1) is 0 Å². The number of hydrogen-bond donors (Lipinski definition) is 1. The van der Waals surface area contributed by atoms with E-state index in [0.29, 0.717) is 22.6 Å². The Morgan fingerprint density at radius 3 is 2.47 bits per heavy atom. The van der Waals surface area contributed by atoms with Gasteiger partial charge in [-0.25, -0.2) is 9.50 Å². The van der Waals surface area contributed by atoms with Crippen molar-refractivity contribution in [3.8, 4) is 28.5 Å². The molecule has 0 aliphatic rings. The van der Waals surface area contributed by atoms with Crippen molar-refractivity contribution in [3.05, 3.63) is 108 Å². The number of halogens is 3. The fourth-order valence-electron chi connectivity index (χ4n) is 3.83. The molecule has 0 atom stereocenters. The maximum atomic E-state index is 13.0. The van der Waals surface area contributed by atoms with E-state index in [-0.39, 0.29) is 5.56 Å². The van der Waals surface area contributed by atoms with E-state index in [1.165, 1.54) is 12.1 Å². The number of benzene rings is 3. The number of amides is 1. The maximum absolute atomic E-state index is 13.0. The number of fused-ring (bicyclic) bond motifs is 1. The van der Waals surface area contributed by atoms with E-state index in [4.69, 9.17) is 5.26 Å². The lowest BCUT2D eigenvalue weighted by molar-refractivity contribution is -0.137. The fraction of sp³-hybridized carbons (Fsp3) is 0.0370. The normalized spacial score (nSPS) is 11.3. The summed E-state index contributed by atoms with van der Waals surface area (Å²) in [6.07, 6.45) is -1.21. The Morgan fingerprint density at radius 2 is 1.72 bits per heavy atom. The third-order valence-electron chi connectivity index (χ3n) is 5.59. The summed E-state index contributed by atoms with van der Waals surface area (Å²) in [5, 5.41) is 16.2. The van der Waals surface area contributed by atoms with E-state index in [1.54, 1.807) is 53.3 Å². The number of nitrogens with zero attached hydrogens (tertiary/aromatic N) is 4. The largest absolute Gasteiger partial charge is 0.416 e. The van der Waals surface area contributed by atoms with Crippen molar-refractivity contribution in [1.29, 1.82) is 5.26 Å². The summed E-state index contributed by atoms with van der Waals surface area (Å²) >= 11 is 0. The van der Waals surface area contributed by atoms with Gasteiger partial charge in [-0.05, 0) is 54.1 Å². The molecule has 2 aromatic heterocycles. The summed E-state index contributed by atoms with van der Waals surface area (Å²) in [7, 11) is 0. The molecular weight excluding hydrogens is 467 g/mol. The van der Waals surface area contributed by atoms with Crippen LogP contribution in [-0.2, 0) is 6.18 Å². The van der Waals surface area contributed by atoms with Gasteiger partial charge in [-0.2, -0.15) is 23.5 Å². The molecule has 1 N–H and O–H groups in total. The highest BCUT2D eigenvalue weighted by molar-refractivity contribution is 6.04. The Hall–Kier alpha value is -4.97. The summed E-state index contributed by atoms with van der Waals surface area (Å²) in [6.45, 7) is 0. The molecule has 0 saturated carbocycles. The minimum atomic E-state index is -4.54. The van der Waals surface area contributed by atoms with Gasteiger partial charge in [-0.1, -0.05) is 30.3 Å². The molecule has 3 aromatic carbocycles. The molecule has 0 bridgehead atoms. The van der Waals surface area contributed by atoms with Crippen molar-refractivity contribution < 1.29 is 18.0 Å². The molecule has 176 valence electrons. The Balaban J connectivity index is 1.46. The van der Waals surface area contributed by atoms with Crippen LogP contribution >= 0.6 is 0 Å². The zero-order chi connectivity index (χ0) is 25.3. The molecule has 5 aromatic rings. The number of nitriles is 1. The predicted octanol–water partition coefficient (Wildman–Crippen LogP) is 6.21. The molecule has 9 heteroatoms. The molecule has 1 amide bonds. The molecule has 0 aliphatic heterocycles. The summed E-state index contributed by atoms with van der Waals surface area (Å²) in [6, 6.07) is 22.2. The van der Waals surface area contributed by atoms with Gasteiger partial charge >= 0.3 is 6.18 Å². The van der Waals surface area contributed by atoms with E-state index in [0.717, 1.165) is 28.8 Å². The minimum Gasteiger partial charge on any atom is -0.322 e. The van der Waals surface area contributed by atoms with Crippen LogP contribution < -0.4 is 5.32 Å². The average Bonchev–Trinajstić information content (AvgIpc) is 3.33. The zero-order valence-electron chi connectivity index (χ0n) is 18.5. The number of carbonyl (C=O) groups excluding carboxylic acids is 1. The molecule has 0 unspecified atom stereocenters. The molecule has 6 nitrogen and oxygen atoms in total. The lowest BCUT2D eigenvalue weighted by atomic mass is 10.1. The number of anilines is 1. The van der Waals surface area contributed by atoms with E-state index < -0.39 is 17.6 Å². The smallest absolute Gasteiger partial charge is 0.322 e. The first-order valence-corrected chi connectivity index (χ1v) is 10.8. The SMILES string of the molecule is N#Cc1ccc(-c2cnn3c(-c4cccc(NC(=O)c5cccc(C(F)(F)F)c5)c4)ccnc23)cc1. The molecule has 2 heterocycles. The van der Waals surface area contributed by atoms with Crippen LogP contribution in [0.1, 0.15) is 21.5 Å². The van der Waals surface area contributed by atoms with Crippen molar-refractivity contribution in [3.63, 3.8) is 0 Å². The standard InChI is InChI=1S/C27H16F3N5O/c28-27(29,30)21-5-1-4-20(13-21)26(36)34-22-6-2-3-19(14-22)24-11-12-32-25-23(16-33-35(24)25)18-9-7-17(15-31)8-10-18/h1-14,16H,(H,34,36). The highest BCUT2D eigenvalue weighted by Crippen LogP contribution is 2.31. The number of rotatable bonds is 4. The van der Waals surface area contributed by atoms with Crippen molar-refractivity contribution in [1.82, 2.24) is 14.6 Å². The highest BCUT2D eigenvalue weighted by atomic mass is 19.4. The number of hydrogen-bond acceptors (Lipinski definition) is 4. The average molecular weight is 483 g/mol. The second-order valence-corrected chi connectivity index (χ2v) is 7.93. The first kappa shape index (κ1) is 22.8. The van der Waals surface area contributed by atoms with Crippen LogP contribution in [-0.4, -0.2) is 20.5 Å². The Morgan fingerprint density at radius 1 is 0.944 bits per heavy atom. The topological polar surface area (TPSA) is 83.1 Å². The molecule has 0 saturated heterocycles. The number of carbonyl (C=O) groups is 1. The van der Waals surface area contributed by atoms with E-state index in [2.05, 4.69) is 21.5 Å². The molecular formula is C27H16F3N5O. The van der Waals surface area contributed by atoms with Crippen LogP contribution in [0.4, 0.5) is 18.9 Å². The Bertz CT molecular complexity index is 1630. The lowest BCUT2D eigenvalue weighted by Crippen LogP contribution is -2.14. The van der Waals surface area contributed by atoms with Gasteiger partial charge < -0.3 is 5.32 Å². The van der Waals surface area contributed by atoms with Crippen molar-refractivity contribution in [2.45, 2.75) is 6.18 Å². The third kappa shape index (κ3) is 4.40. The summed E-state index contributed by atoms with van der Waals surface area (Å²) in [4.78, 5) is 17.1. The lowest BCUT2D eigenvalue weighted by Gasteiger charge is -2.11. The van der Waals surface area contributed by atoms with Crippen LogP contribution in [0.3, 0.4) is 0 Å². The van der Waals surface area contributed by atoms with Crippen LogP contribution in [0.25, 0.3) is 28.0 Å². The van der Waals surface area contributed by atoms with Gasteiger partial charge in [0, 0.05) is 28.6 Å². The van der Waals surface area contributed by atoms with Gasteiger partial charge in [0.15, 0.2) is 5.65 Å². The van der Waals surface area contributed by atoms with Gasteiger partial charge in [0.25, 0.3) is 5.91 Å². The van der Waals surface area contributed by atoms with E-state index in [9.17, 15) is 18.0 Å². The third-order valence-corrected chi connectivity index (χ3v) is 5.59. The predicted molar refractivity (Wildman–Crippen MR) is 128 cm³/mol. The molecule has 0 fully saturated rings. The number of nitrogens with one attached hydrogen (secondary N) is 1. The van der Waals surface area contributed by atoms with Crippen molar-refractivity contribution in [2.24, 2.45) is 0 Å². The molecule has 0 aliphatic carbocycles. The van der Waals surface area contributed by atoms with Crippen LogP contribution in [0.5, 0.6) is 0 Å². The van der Waals surface area contributed by atoms with Crippen LogP contribution in [0, 0.1) is 11.3 Å². The summed E-state index contributed by atoms with van der Waals surface area (Å²) < 4.78 is 40.7. The van der Waals surface area contributed by atoms with E-state index in [1.807, 2.05) is 18.2 Å². The summed E-state index contributed by atoms with van der Waals surface area (Å²) in [5.74, 6) is -0.652. The van der Waals surface area contributed by atoms with Crippen LogP contribution in [0.15, 0.2) is 91.3 Å². The first-order valence-electron chi connectivity index (χ1n) is 10.8. The van der Waals surface area contributed by atoms with Crippen molar-refractivity contribution in [2.75, 3.05) is 5.32 Å². The molecule has 0 spiro atoms. The summed E-state index contributed by atoms with van der Waals surface area (Å²) in [5.41, 5.74) is 3.66. The second kappa shape index (κ2) is 9.00. The van der Waals surface area contributed by atoms with Crippen molar-refractivity contribution >= 4 is 17.2 Å².